The van der Waals surface area contributed by atoms with Crippen molar-refractivity contribution in [3.8, 4) is 0 Å². The van der Waals surface area contributed by atoms with E-state index in [4.69, 9.17) is 5.84 Å². The Labute approximate surface area is 120 Å². The van der Waals surface area contributed by atoms with Crippen LogP contribution in [0.25, 0.3) is 10.8 Å². The normalized spacial score (nSPS) is 10.7. The predicted octanol–water partition coefficient (Wildman–Crippen LogP) is 2.49. The van der Waals surface area contributed by atoms with Crippen molar-refractivity contribution in [2.75, 3.05) is 0 Å². The first-order valence-corrected chi connectivity index (χ1v) is 7.02. The number of carbonyl (C=O) groups excluding carboxylic acids is 1. The Hall–Kier alpha value is -2.24. The molecule has 0 aliphatic rings. The molecule has 0 saturated carbocycles. The van der Waals surface area contributed by atoms with Crippen LogP contribution in [-0.2, 0) is 6.42 Å². The van der Waals surface area contributed by atoms with Crippen LogP contribution in [0.1, 0.15) is 20.2 Å². The van der Waals surface area contributed by atoms with E-state index in [0.717, 1.165) is 5.01 Å². The fraction of sp³-hybridized carbons (Fsp3) is 0.0667. The first kappa shape index (κ1) is 12.8. The molecule has 1 aromatic heterocycles. The number of nitrogens with two attached hydrogens (primary N) is 1. The van der Waals surface area contributed by atoms with E-state index in [1.807, 2.05) is 18.2 Å². The molecule has 0 fully saturated rings. The van der Waals surface area contributed by atoms with Crippen molar-refractivity contribution in [1.29, 1.82) is 0 Å². The zero-order chi connectivity index (χ0) is 13.9. The first-order valence-electron chi connectivity index (χ1n) is 6.20. The van der Waals surface area contributed by atoms with Gasteiger partial charge in [-0.15, -0.1) is 11.3 Å². The van der Waals surface area contributed by atoms with Crippen LogP contribution in [0.3, 0.4) is 0 Å². The molecular weight excluding hydrogens is 270 g/mol. The maximum Gasteiger partial charge on any atom is 0.276 e. The summed E-state index contributed by atoms with van der Waals surface area (Å²) in [6.45, 7) is 0. The Morgan fingerprint density at radius 2 is 2.00 bits per heavy atom. The van der Waals surface area contributed by atoms with Crippen molar-refractivity contribution in [3.63, 3.8) is 0 Å². The number of carbonyl (C=O) groups is 1. The van der Waals surface area contributed by atoms with Gasteiger partial charge in [0.05, 0.1) is 11.2 Å². The van der Waals surface area contributed by atoms with Crippen LogP contribution in [0.15, 0.2) is 48.7 Å². The van der Waals surface area contributed by atoms with Gasteiger partial charge in [-0.25, -0.2) is 10.8 Å². The highest BCUT2D eigenvalue weighted by atomic mass is 32.1. The van der Waals surface area contributed by atoms with Crippen LogP contribution < -0.4 is 11.3 Å². The van der Waals surface area contributed by atoms with E-state index in [2.05, 4.69) is 34.7 Å². The number of amides is 1. The number of hydrazine groups is 1. The molecule has 5 heteroatoms. The van der Waals surface area contributed by atoms with Gasteiger partial charge in [0.1, 0.15) is 4.88 Å². The fourth-order valence-corrected chi connectivity index (χ4v) is 3.02. The number of nitrogens with zero attached hydrogens (tertiary/aromatic N) is 1. The van der Waals surface area contributed by atoms with Crippen LogP contribution in [-0.4, -0.2) is 10.9 Å². The molecule has 0 aliphatic carbocycles. The zero-order valence-corrected chi connectivity index (χ0v) is 11.5. The quantitative estimate of drug-likeness (QED) is 0.441. The molecule has 0 unspecified atom stereocenters. The van der Waals surface area contributed by atoms with Gasteiger partial charge in [-0.3, -0.25) is 10.2 Å². The lowest BCUT2D eigenvalue weighted by Crippen LogP contribution is -2.29. The highest BCUT2D eigenvalue weighted by Gasteiger charge is 2.10. The lowest BCUT2D eigenvalue weighted by molar-refractivity contribution is 0.0957. The summed E-state index contributed by atoms with van der Waals surface area (Å²) < 4.78 is 0. The number of benzene rings is 2. The van der Waals surface area contributed by atoms with Gasteiger partial charge in [0.2, 0.25) is 0 Å². The highest BCUT2D eigenvalue weighted by molar-refractivity contribution is 7.13. The lowest BCUT2D eigenvalue weighted by Gasteiger charge is -2.04. The van der Waals surface area contributed by atoms with Crippen LogP contribution in [0.4, 0.5) is 0 Å². The Bertz CT molecular complexity index is 761. The number of hydrogen-bond donors (Lipinski definition) is 2. The van der Waals surface area contributed by atoms with E-state index >= 15 is 0 Å². The minimum absolute atomic E-state index is 0.299. The van der Waals surface area contributed by atoms with E-state index in [1.165, 1.54) is 27.7 Å². The van der Waals surface area contributed by atoms with E-state index in [0.29, 0.717) is 11.3 Å². The maximum atomic E-state index is 11.4. The number of fused-ring (bicyclic) bond motifs is 1. The highest BCUT2D eigenvalue weighted by Crippen LogP contribution is 2.23. The maximum absolute atomic E-state index is 11.4. The van der Waals surface area contributed by atoms with Gasteiger partial charge < -0.3 is 0 Å². The lowest BCUT2D eigenvalue weighted by atomic mass is 10.0. The minimum atomic E-state index is -0.299. The molecule has 0 spiro atoms. The third-order valence-electron chi connectivity index (χ3n) is 3.13. The number of rotatable bonds is 3. The van der Waals surface area contributed by atoms with Crippen molar-refractivity contribution in [3.05, 3.63) is 64.1 Å². The Kier molecular flexibility index (Phi) is 3.45. The molecule has 0 aliphatic heterocycles. The van der Waals surface area contributed by atoms with Crippen molar-refractivity contribution < 1.29 is 4.79 Å². The predicted molar refractivity (Wildman–Crippen MR) is 80.5 cm³/mol. The van der Waals surface area contributed by atoms with Crippen LogP contribution in [0.2, 0.25) is 0 Å². The largest absolute Gasteiger partial charge is 0.289 e. The SMILES string of the molecule is NNC(=O)c1cnc(Cc2cccc3ccccc23)s1. The molecule has 2 aromatic carbocycles. The van der Waals surface area contributed by atoms with Crippen molar-refractivity contribution >= 4 is 28.0 Å². The van der Waals surface area contributed by atoms with E-state index in [9.17, 15) is 4.79 Å². The standard InChI is InChI=1S/C15H13N3OS/c16-18-15(19)13-9-17-14(20-13)8-11-6-3-5-10-4-1-2-7-12(10)11/h1-7,9H,8,16H2,(H,18,19). The summed E-state index contributed by atoms with van der Waals surface area (Å²) in [6.07, 6.45) is 2.27. The molecule has 0 atom stereocenters. The number of thiazole rings is 1. The number of aromatic nitrogens is 1. The number of nitrogen functional groups attached to an aromatic ring is 1. The van der Waals surface area contributed by atoms with Crippen molar-refractivity contribution in [2.24, 2.45) is 5.84 Å². The number of hydrogen-bond acceptors (Lipinski definition) is 4. The molecule has 100 valence electrons. The number of nitrogens with one attached hydrogen (secondary N) is 1. The second kappa shape index (κ2) is 5.40. The second-order valence-corrected chi connectivity index (χ2v) is 5.52. The molecule has 3 N–H and O–H groups in total. The molecule has 3 aromatic rings. The summed E-state index contributed by atoms with van der Waals surface area (Å²) in [5, 5.41) is 3.33. The monoisotopic (exact) mass is 283 g/mol. The molecule has 0 radical (unpaired) electrons. The topological polar surface area (TPSA) is 68.0 Å². The van der Waals surface area contributed by atoms with Gasteiger partial charge in [-0.05, 0) is 16.3 Å². The van der Waals surface area contributed by atoms with E-state index in [1.54, 1.807) is 6.20 Å². The average Bonchev–Trinajstić information content (AvgIpc) is 2.95. The molecule has 1 amide bonds. The summed E-state index contributed by atoms with van der Waals surface area (Å²) in [5.74, 6) is 4.82. The summed E-state index contributed by atoms with van der Waals surface area (Å²) >= 11 is 1.37. The first-order chi connectivity index (χ1) is 9.78. The van der Waals surface area contributed by atoms with Crippen molar-refractivity contribution in [2.45, 2.75) is 6.42 Å². The van der Waals surface area contributed by atoms with Gasteiger partial charge in [-0.2, -0.15) is 0 Å². The summed E-state index contributed by atoms with van der Waals surface area (Å²) in [5.41, 5.74) is 3.33. The Morgan fingerprint density at radius 3 is 2.85 bits per heavy atom. The van der Waals surface area contributed by atoms with E-state index in [-0.39, 0.29) is 5.91 Å². The fourth-order valence-electron chi connectivity index (χ4n) is 2.18. The Morgan fingerprint density at radius 1 is 1.20 bits per heavy atom. The van der Waals surface area contributed by atoms with Gasteiger partial charge in [0.25, 0.3) is 5.91 Å². The third kappa shape index (κ3) is 2.41. The zero-order valence-electron chi connectivity index (χ0n) is 10.7. The van der Waals surface area contributed by atoms with E-state index < -0.39 is 0 Å². The van der Waals surface area contributed by atoms with Crippen molar-refractivity contribution in [1.82, 2.24) is 10.4 Å². The van der Waals surface area contributed by atoms with Crippen LogP contribution in [0, 0.1) is 0 Å². The van der Waals surface area contributed by atoms with Crippen LogP contribution in [0.5, 0.6) is 0 Å². The van der Waals surface area contributed by atoms with Gasteiger partial charge >= 0.3 is 0 Å². The second-order valence-electron chi connectivity index (χ2n) is 4.41. The summed E-state index contributed by atoms with van der Waals surface area (Å²) in [4.78, 5) is 16.2. The van der Waals surface area contributed by atoms with Gasteiger partial charge in [0, 0.05) is 6.42 Å². The van der Waals surface area contributed by atoms with Gasteiger partial charge in [0.15, 0.2) is 0 Å². The molecule has 4 nitrogen and oxygen atoms in total. The molecular formula is C15H13N3OS. The molecule has 0 saturated heterocycles. The van der Waals surface area contributed by atoms with Crippen LogP contribution >= 0.6 is 11.3 Å². The molecule has 0 bridgehead atoms. The summed E-state index contributed by atoms with van der Waals surface area (Å²) in [6, 6.07) is 14.5. The molecule has 1 heterocycles. The molecule has 20 heavy (non-hydrogen) atoms. The van der Waals surface area contributed by atoms with Gasteiger partial charge in [-0.1, -0.05) is 42.5 Å². The molecule has 3 rings (SSSR count). The Balaban J connectivity index is 1.93. The average molecular weight is 283 g/mol. The smallest absolute Gasteiger partial charge is 0.276 e. The minimum Gasteiger partial charge on any atom is -0.289 e. The third-order valence-corrected chi connectivity index (χ3v) is 4.13. The summed E-state index contributed by atoms with van der Waals surface area (Å²) in [7, 11) is 0.